The van der Waals surface area contributed by atoms with E-state index in [-0.39, 0.29) is 0 Å². The van der Waals surface area contributed by atoms with Crippen LogP contribution in [-0.4, -0.2) is 53.2 Å². The number of hydrogen-bond acceptors (Lipinski definition) is 5. The van der Waals surface area contributed by atoms with Crippen molar-refractivity contribution in [3.63, 3.8) is 0 Å². The average Bonchev–Trinajstić information content (AvgIpc) is 2.81. The minimum Gasteiger partial charge on any atom is -0.477 e. The molecule has 1 N–H and O–H groups in total. The van der Waals surface area contributed by atoms with Crippen LogP contribution in [0.15, 0.2) is 0 Å². The number of fused-ring (bicyclic) bond motifs is 2. The highest BCUT2D eigenvalue weighted by Gasteiger charge is 2.35. The molecule has 5 nitrogen and oxygen atoms in total. The fourth-order valence-corrected chi connectivity index (χ4v) is 4.14. The Balaban J connectivity index is 1.83. The van der Waals surface area contributed by atoms with Crippen LogP contribution in [0.4, 0.5) is 5.13 Å². The molecule has 0 saturated carbocycles. The van der Waals surface area contributed by atoms with E-state index in [1.807, 2.05) is 0 Å². The molecule has 1 aromatic rings. The van der Waals surface area contributed by atoms with E-state index in [0.29, 0.717) is 22.7 Å². The maximum absolute atomic E-state index is 11.1. The lowest BCUT2D eigenvalue weighted by atomic mass is 10.1. The largest absolute Gasteiger partial charge is 0.477 e. The first-order valence-electron chi connectivity index (χ1n) is 6.74. The second-order valence-corrected chi connectivity index (χ2v) is 6.48. The van der Waals surface area contributed by atoms with Crippen LogP contribution >= 0.6 is 11.3 Å². The van der Waals surface area contributed by atoms with Crippen molar-refractivity contribution in [3.8, 4) is 0 Å². The number of carboxylic acids is 1. The van der Waals surface area contributed by atoms with Crippen LogP contribution in [0, 0.1) is 6.92 Å². The van der Waals surface area contributed by atoms with Crippen molar-refractivity contribution >= 4 is 22.4 Å². The van der Waals surface area contributed by atoms with Gasteiger partial charge in [0, 0.05) is 25.2 Å². The molecular formula is C13H19N3O2S. The summed E-state index contributed by atoms with van der Waals surface area (Å²) in [6.07, 6.45) is 3.69. The van der Waals surface area contributed by atoms with Gasteiger partial charge in [-0.2, -0.15) is 0 Å². The van der Waals surface area contributed by atoms with Crippen molar-refractivity contribution in [2.45, 2.75) is 38.3 Å². The van der Waals surface area contributed by atoms with Gasteiger partial charge in [0.25, 0.3) is 0 Å². The molecule has 6 heteroatoms. The number of aromatic carboxylic acids is 1. The number of carboxylic acid groups (broad SMARTS) is 1. The lowest BCUT2D eigenvalue weighted by Crippen LogP contribution is -2.36. The summed E-state index contributed by atoms with van der Waals surface area (Å²) in [5.41, 5.74) is 0.635. The summed E-state index contributed by atoms with van der Waals surface area (Å²) in [4.78, 5) is 20.7. The van der Waals surface area contributed by atoms with E-state index in [4.69, 9.17) is 5.11 Å². The maximum atomic E-state index is 11.1. The van der Waals surface area contributed by atoms with E-state index in [1.54, 1.807) is 6.92 Å². The number of thiazole rings is 1. The monoisotopic (exact) mass is 281 g/mol. The Morgan fingerprint density at radius 1 is 1.37 bits per heavy atom. The number of hydrogen-bond donors (Lipinski definition) is 1. The van der Waals surface area contributed by atoms with Gasteiger partial charge in [0.1, 0.15) is 4.88 Å². The lowest BCUT2D eigenvalue weighted by molar-refractivity contribution is 0.0701. The molecular weight excluding hydrogens is 262 g/mol. The third-order valence-electron chi connectivity index (χ3n) is 4.40. The van der Waals surface area contributed by atoms with Gasteiger partial charge < -0.3 is 10.0 Å². The van der Waals surface area contributed by atoms with Gasteiger partial charge in [-0.3, -0.25) is 4.90 Å². The summed E-state index contributed by atoms with van der Waals surface area (Å²) >= 11 is 1.31. The van der Waals surface area contributed by atoms with Gasteiger partial charge in [0.05, 0.1) is 5.69 Å². The van der Waals surface area contributed by atoms with Crippen molar-refractivity contribution in [2.75, 3.05) is 25.0 Å². The third kappa shape index (κ3) is 2.23. The highest BCUT2D eigenvalue weighted by atomic mass is 32.1. The Bertz CT molecular complexity index is 502. The molecule has 0 aliphatic carbocycles. The fraction of sp³-hybridized carbons (Fsp3) is 0.692. The van der Waals surface area contributed by atoms with Crippen LogP contribution < -0.4 is 4.90 Å². The highest BCUT2D eigenvalue weighted by molar-refractivity contribution is 7.17. The molecule has 0 aromatic carbocycles. The van der Waals surface area contributed by atoms with E-state index in [1.165, 1.54) is 24.2 Å². The van der Waals surface area contributed by atoms with Crippen molar-refractivity contribution in [2.24, 2.45) is 0 Å². The van der Waals surface area contributed by atoms with Crippen LogP contribution in [0.3, 0.4) is 0 Å². The van der Waals surface area contributed by atoms with Gasteiger partial charge in [-0.15, -0.1) is 0 Å². The van der Waals surface area contributed by atoms with E-state index >= 15 is 0 Å². The molecule has 2 unspecified atom stereocenters. The molecule has 2 bridgehead atoms. The number of carbonyl (C=O) groups is 1. The van der Waals surface area contributed by atoms with E-state index in [0.717, 1.165) is 24.6 Å². The number of anilines is 1. The Hall–Kier alpha value is -1.14. The van der Waals surface area contributed by atoms with E-state index in [9.17, 15) is 4.79 Å². The Morgan fingerprint density at radius 2 is 2.11 bits per heavy atom. The first kappa shape index (κ1) is 12.9. The quantitative estimate of drug-likeness (QED) is 0.896. The third-order valence-corrected chi connectivity index (χ3v) is 5.60. The van der Waals surface area contributed by atoms with Gasteiger partial charge in [0.2, 0.25) is 0 Å². The Labute approximate surface area is 116 Å². The molecule has 0 radical (unpaired) electrons. The lowest BCUT2D eigenvalue weighted by Gasteiger charge is -2.25. The van der Waals surface area contributed by atoms with Crippen LogP contribution in [0.2, 0.25) is 0 Å². The average molecular weight is 281 g/mol. The van der Waals surface area contributed by atoms with Crippen molar-refractivity contribution in [3.05, 3.63) is 10.6 Å². The second kappa shape index (κ2) is 4.76. The first-order valence-corrected chi connectivity index (χ1v) is 7.55. The minimum atomic E-state index is -0.866. The molecule has 19 heavy (non-hydrogen) atoms. The number of aromatic nitrogens is 1. The van der Waals surface area contributed by atoms with Crippen LogP contribution in [0.1, 0.15) is 34.6 Å². The topological polar surface area (TPSA) is 56.7 Å². The molecule has 104 valence electrons. The molecule has 3 rings (SSSR count). The number of rotatable bonds is 2. The molecule has 0 spiro atoms. The normalized spacial score (nSPS) is 27.6. The zero-order valence-electron chi connectivity index (χ0n) is 11.3. The predicted octanol–water partition coefficient (Wildman–Crippen LogP) is 1.82. The summed E-state index contributed by atoms with van der Waals surface area (Å²) in [5, 5.41) is 10.00. The SMILES string of the molecule is Cc1nc(N2CCC3CCC(C2)N3C)sc1C(=O)O. The van der Waals surface area contributed by atoms with Crippen LogP contribution in [0.5, 0.6) is 0 Å². The summed E-state index contributed by atoms with van der Waals surface area (Å²) in [5.74, 6) is -0.866. The maximum Gasteiger partial charge on any atom is 0.347 e. The zero-order valence-corrected chi connectivity index (χ0v) is 12.1. The molecule has 2 aliphatic rings. The van der Waals surface area contributed by atoms with Gasteiger partial charge >= 0.3 is 5.97 Å². The van der Waals surface area contributed by atoms with Gasteiger partial charge in [0.15, 0.2) is 5.13 Å². The molecule has 2 saturated heterocycles. The molecule has 3 heterocycles. The van der Waals surface area contributed by atoms with Gasteiger partial charge in [-0.1, -0.05) is 11.3 Å². The fourth-order valence-electron chi connectivity index (χ4n) is 3.20. The van der Waals surface area contributed by atoms with Crippen molar-refractivity contribution in [1.29, 1.82) is 0 Å². The second-order valence-electron chi connectivity index (χ2n) is 5.50. The summed E-state index contributed by atoms with van der Waals surface area (Å²) in [6, 6.07) is 1.28. The van der Waals surface area contributed by atoms with Crippen molar-refractivity contribution in [1.82, 2.24) is 9.88 Å². The molecule has 1 aromatic heterocycles. The van der Waals surface area contributed by atoms with Gasteiger partial charge in [-0.05, 0) is 33.2 Å². The highest BCUT2D eigenvalue weighted by Crippen LogP contribution is 2.33. The molecule has 2 atom stereocenters. The number of likely N-dealkylation sites (N-methyl/N-ethyl adjacent to an activating group) is 1. The summed E-state index contributed by atoms with van der Waals surface area (Å²) in [6.45, 7) is 3.73. The molecule has 0 amide bonds. The minimum absolute atomic E-state index is 0.373. The first-order chi connectivity index (χ1) is 9.06. The van der Waals surface area contributed by atoms with E-state index < -0.39 is 5.97 Å². The predicted molar refractivity (Wildman–Crippen MR) is 75.2 cm³/mol. The smallest absolute Gasteiger partial charge is 0.347 e. The standard InChI is InChI=1S/C13H19N3O2S/c1-8-11(12(17)18)19-13(14-8)16-6-5-9-3-4-10(7-16)15(9)2/h9-10H,3-7H2,1-2H3,(H,17,18). The van der Waals surface area contributed by atoms with Gasteiger partial charge in [-0.25, -0.2) is 9.78 Å². The molecule has 2 fully saturated rings. The number of nitrogens with zero attached hydrogens (tertiary/aromatic N) is 3. The molecule has 2 aliphatic heterocycles. The zero-order chi connectivity index (χ0) is 13.6. The summed E-state index contributed by atoms with van der Waals surface area (Å²) in [7, 11) is 2.21. The summed E-state index contributed by atoms with van der Waals surface area (Å²) < 4.78 is 0. The van der Waals surface area contributed by atoms with E-state index in [2.05, 4.69) is 21.8 Å². The number of aryl methyl sites for hydroxylation is 1. The van der Waals surface area contributed by atoms with Crippen LogP contribution in [-0.2, 0) is 0 Å². The van der Waals surface area contributed by atoms with Crippen molar-refractivity contribution < 1.29 is 9.90 Å². The van der Waals surface area contributed by atoms with Crippen LogP contribution in [0.25, 0.3) is 0 Å². The Morgan fingerprint density at radius 3 is 2.79 bits per heavy atom. The Kier molecular flexibility index (Phi) is 3.22.